The summed E-state index contributed by atoms with van der Waals surface area (Å²) in [5.41, 5.74) is 8.39. The molecule has 0 radical (unpaired) electrons. The number of hydrogen-bond donors (Lipinski definition) is 0. The van der Waals surface area contributed by atoms with Gasteiger partial charge in [-0.15, -0.1) is 0 Å². The van der Waals surface area contributed by atoms with E-state index in [2.05, 4.69) is 68.6 Å². The summed E-state index contributed by atoms with van der Waals surface area (Å²) in [4.78, 5) is 15.5. The quantitative estimate of drug-likeness (QED) is 0.278. The van der Waals surface area contributed by atoms with Crippen LogP contribution in [0.1, 0.15) is 49.1 Å². The number of fused-ring (bicyclic) bond motifs is 5. The number of hydrogen-bond acceptors (Lipinski definition) is 5. The van der Waals surface area contributed by atoms with E-state index in [-0.39, 0.29) is 0 Å². The first kappa shape index (κ1) is 24.4. The molecule has 3 aliphatic rings. The van der Waals surface area contributed by atoms with Gasteiger partial charge in [-0.3, -0.25) is 4.90 Å². The van der Waals surface area contributed by atoms with Crippen LogP contribution >= 0.6 is 11.8 Å². The van der Waals surface area contributed by atoms with Gasteiger partial charge in [-0.25, -0.2) is 9.78 Å². The number of benzene rings is 2. The second kappa shape index (κ2) is 11.2. The SMILES string of the molecule is COOCc1ccc2c(C3CCCCC3)c3n(c2c1)CCN(CCN1CCSCC1)c1ccccc1-3. The van der Waals surface area contributed by atoms with Crippen LogP contribution in [0, 0.1) is 0 Å². The van der Waals surface area contributed by atoms with Crippen LogP contribution in [0.25, 0.3) is 22.2 Å². The standard InChI is InChI=1S/C30H39N3O2S/c1-34-35-22-23-11-12-25-28(21-23)33-16-15-32(14-13-31-17-19-36-20-18-31)27-10-6-5-9-26(27)30(33)29(25)24-7-3-2-4-8-24/h5-6,9-12,21,24H,2-4,7-8,13-20,22H2,1H3. The van der Waals surface area contributed by atoms with Crippen molar-refractivity contribution in [2.45, 2.75) is 51.2 Å². The first-order valence-electron chi connectivity index (χ1n) is 13.8. The number of nitrogens with zero attached hydrogens (tertiary/aromatic N) is 3. The summed E-state index contributed by atoms with van der Waals surface area (Å²) in [6, 6.07) is 16.1. The first-order valence-corrected chi connectivity index (χ1v) is 14.9. The van der Waals surface area contributed by atoms with E-state index < -0.39 is 0 Å². The van der Waals surface area contributed by atoms with E-state index in [1.807, 2.05) is 0 Å². The Morgan fingerprint density at radius 1 is 0.917 bits per heavy atom. The molecule has 1 saturated heterocycles. The highest BCUT2D eigenvalue weighted by atomic mass is 32.2. The van der Waals surface area contributed by atoms with Crippen molar-refractivity contribution in [2.24, 2.45) is 0 Å². The van der Waals surface area contributed by atoms with Crippen molar-refractivity contribution in [1.29, 1.82) is 0 Å². The minimum Gasteiger partial charge on any atom is -0.368 e. The van der Waals surface area contributed by atoms with Crippen molar-refractivity contribution >= 4 is 28.4 Å². The summed E-state index contributed by atoms with van der Waals surface area (Å²) >= 11 is 2.09. The molecule has 2 fully saturated rings. The van der Waals surface area contributed by atoms with Gasteiger partial charge in [-0.05, 0) is 42.0 Å². The lowest BCUT2D eigenvalue weighted by Gasteiger charge is -2.31. The molecule has 1 aromatic heterocycles. The van der Waals surface area contributed by atoms with Crippen molar-refractivity contribution in [1.82, 2.24) is 9.47 Å². The molecule has 6 heteroatoms. The number of aromatic nitrogens is 1. The molecule has 192 valence electrons. The van der Waals surface area contributed by atoms with Gasteiger partial charge in [0.25, 0.3) is 0 Å². The molecule has 0 atom stereocenters. The second-order valence-corrected chi connectivity index (χ2v) is 11.7. The Morgan fingerprint density at radius 2 is 1.75 bits per heavy atom. The Labute approximate surface area is 219 Å². The van der Waals surface area contributed by atoms with Gasteiger partial charge >= 0.3 is 0 Å². The Morgan fingerprint density at radius 3 is 2.58 bits per heavy atom. The van der Waals surface area contributed by atoms with Gasteiger partial charge in [-0.2, -0.15) is 11.8 Å². The summed E-state index contributed by atoms with van der Waals surface area (Å²) in [7, 11) is 1.58. The molecule has 3 aromatic rings. The summed E-state index contributed by atoms with van der Waals surface area (Å²) in [5.74, 6) is 3.19. The molecule has 0 unspecified atom stereocenters. The van der Waals surface area contributed by atoms with Gasteiger partial charge < -0.3 is 9.47 Å². The fourth-order valence-corrected chi connectivity index (χ4v) is 7.55. The second-order valence-electron chi connectivity index (χ2n) is 10.5. The number of para-hydroxylation sites is 1. The lowest BCUT2D eigenvalue weighted by atomic mass is 9.81. The van der Waals surface area contributed by atoms with Crippen molar-refractivity contribution in [3.8, 4) is 11.3 Å². The van der Waals surface area contributed by atoms with E-state index >= 15 is 0 Å². The zero-order valence-electron chi connectivity index (χ0n) is 21.6. The fraction of sp³-hybridized carbons (Fsp3) is 0.533. The Hall–Kier alpha value is -1.99. The lowest BCUT2D eigenvalue weighted by molar-refractivity contribution is -0.282. The summed E-state index contributed by atoms with van der Waals surface area (Å²) in [6.45, 7) is 7.22. The Balaban J connectivity index is 1.43. The highest BCUT2D eigenvalue weighted by molar-refractivity contribution is 7.99. The van der Waals surface area contributed by atoms with E-state index in [0.717, 1.165) is 31.7 Å². The molecule has 1 saturated carbocycles. The van der Waals surface area contributed by atoms with Crippen LogP contribution in [0.15, 0.2) is 42.5 Å². The molecule has 0 bridgehead atoms. The number of rotatable bonds is 7. The predicted octanol–water partition coefficient (Wildman–Crippen LogP) is 6.30. The zero-order valence-corrected chi connectivity index (χ0v) is 22.4. The van der Waals surface area contributed by atoms with Crippen LogP contribution < -0.4 is 4.90 Å². The van der Waals surface area contributed by atoms with Gasteiger partial charge in [0, 0.05) is 72.9 Å². The van der Waals surface area contributed by atoms with Gasteiger partial charge in [0.15, 0.2) is 0 Å². The molecule has 0 N–H and O–H groups in total. The van der Waals surface area contributed by atoms with Gasteiger partial charge in [0.1, 0.15) is 6.61 Å². The Bertz CT molecular complexity index is 1180. The van der Waals surface area contributed by atoms with E-state index in [9.17, 15) is 0 Å². The molecule has 2 aliphatic heterocycles. The van der Waals surface area contributed by atoms with Crippen LogP contribution in [-0.2, 0) is 22.9 Å². The zero-order chi connectivity index (χ0) is 24.3. The molecule has 0 spiro atoms. The molecule has 1 aliphatic carbocycles. The highest BCUT2D eigenvalue weighted by Crippen LogP contribution is 2.47. The minimum atomic E-state index is 0.475. The molecular weight excluding hydrogens is 466 g/mol. The van der Waals surface area contributed by atoms with Crippen LogP contribution in [0.5, 0.6) is 0 Å². The Kier molecular flexibility index (Phi) is 7.56. The topological polar surface area (TPSA) is 29.9 Å². The highest BCUT2D eigenvalue weighted by Gasteiger charge is 2.30. The smallest absolute Gasteiger partial charge is 0.107 e. The van der Waals surface area contributed by atoms with Crippen LogP contribution in [0.2, 0.25) is 0 Å². The van der Waals surface area contributed by atoms with Crippen LogP contribution in [0.4, 0.5) is 5.69 Å². The molecule has 36 heavy (non-hydrogen) atoms. The summed E-state index contributed by atoms with van der Waals surface area (Å²) < 4.78 is 2.63. The monoisotopic (exact) mass is 505 g/mol. The third-order valence-electron chi connectivity index (χ3n) is 8.41. The molecule has 3 heterocycles. The van der Waals surface area contributed by atoms with E-state index in [1.165, 1.54) is 84.5 Å². The van der Waals surface area contributed by atoms with Crippen molar-refractivity contribution in [3.05, 3.63) is 53.6 Å². The first-order chi connectivity index (χ1) is 17.8. The van der Waals surface area contributed by atoms with Gasteiger partial charge in [0.05, 0.1) is 12.8 Å². The normalized spacial score (nSPS) is 19.3. The van der Waals surface area contributed by atoms with E-state index in [1.54, 1.807) is 12.7 Å². The van der Waals surface area contributed by atoms with Gasteiger partial charge in [-0.1, -0.05) is 49.6 Å². The number of thioether (sulfide) groups is 1. The minimum absolute atomic E-state index is 0.475. The predicted molar refractivity (Wildman–Crippen MR) is 151 cm³/mol. The van der Waals surface area contributed by atoms with Crippen molar-refractivity contribution < 1.29 is 9.78 Å². The average Bonchev–Trinajstić information content (AvgIpc) is 3.17. The average molecular weight is 506 g/mol. The number of anilines is 1. The fourth-order valence-electron chi connectivity index (χ4n) is 6.58. The summed E-state index contributed by atoms with van der Waals surface area (Å²) in [6.07, 6.45) is 6.68. The lowest BCUT2D eigenvalue weighted by Crippen LogP contribution is -2.40. The molecule has 6 rings (SSSR count). The molecule has 5 nitrogen and oxygen atoms in total. The molecule has 2 aromatic carbocycles. The maximum atomic E-state index is 5.30. The van der Waals surface area contributed by atoms with Gasteiger partial charge in [0.2, 0.25) is 0 Å². The van der Waals surface area contributed by atoms with Crippen molar-refractivity contribution in [3.63, 3.8) is 0 Å². The maximum absolute atomic E-state index is 5.30. The van der Waals surface area contributed by atoms with Crippen LogP contribution in [-0.4, -0.2) is 60.8 Å². The molecule has 0 amide bonds. The third-order valence-corrected chi connectivity index (χ3v) is 9.35. The van der Waals surface area contributed by atoms with Crippen LogP contribution in [0.3, 0.4) is 0 Å². The largest absolute Gasteiger partial charge is 0.368 e. The van der Waals surface area contributed by atoms with Crippen molar-refractivity contribution in [2.75, 3.05) is 56.2 Å². The third kappa shape index (κ3) is 4.81. The van der Waals surface area contributed by atoms with E-state index in [0.29, 0.717) is 12.5 Å². The maximum Gasteiger partial charge on any atom is 0.107 e. The molecular formula is C30H39N3O2S. The van der Waals surface area contributed by atoms with E-state index in [4.69, 9.17) is 9.78 Å². The summed E-state index contributed by atoms with van der Waals surface area (Å²) in [5, 5.41) is 1.44.